The van der Waals surface area contributed by atoms with Crippen molar-refractivity contribution in [3.63, 3.8) is 0 Å². The molecular weight excluding hydrogens is 367 g/mol. The summed E-state index contributed by atoms with van der Waals surface area (Å²) in [6, 6.07) is 9.83. The van der Waals surface area contributed by atoms with Crippen LogP contribution in [0.3, 0.4) is 0 Å². The van der Waals surface area contributed by atoms with Gasteiger partial charge in [0.2, 0.25) is 15.9 Å². The number of nitrogens with zero attached hydrogens (tertiary/aromatic N) is 1. The zero-order valence-corrected chi connectivity index (χ0v) is 15.1. The first-order valence-corrected chi connectivity index (χ1v) is 8.98. The Balaban J connectivity index is 2.17. The molecule has 0 aliphatic rings. The van der Waals surface area contributed by atoms with Gasteiger partial charge in [0.1, 0.15) is 10.7 Å². The maximum Gasteiger partial charge on any atom is 0.248 e. The molecule has 0 unspecified atom stereocenters. The van der Waals surface area contributed by atoms with Gasteiger partial charge in [-0.1, -0.05) is 23.7 Å². The minimum absolute atomic E-state index is 0.0635. The van der Waals surface area contributed by atoms with Gasteiger partial charge in [0, 0.05) is 25.9 Å². The number of amides is 1. The monoisotopic (exact) mass is 382 g/mol. The molecule has 0 atom stereocenters. The largest absolute Gasteiger partial charge is 0.322 e. The fourth-order valence-electron chi connectivity index (χ4n) is 1.91. The van der Waals surface area contributed by atoms with Gasteiger partial charge in [-0.05, 0) is 42.0 Å². The van der Waals surface area contributed by atoms with Gasteiger partial charge in [-0.25, -0.2) is 17.1 Å². The van der Waals surface area contributed by atoms with E-state index in [-0.39, 0.29) is 15.7 Å². The fourth-order valence-corrected chi connectivity index (χ4v) is 3.30. The van der Waals surface area contributed by atoms with Gasteiger partial charge < -0.3 is 5.32 Å². The van der Waals surface area contributed by atoms with E-state index in [0.29, 0.717) is 11.3 Å². The molecule has 25 heavy (non-hydrogen) atoms. The van der Waals surface area contributed by atoms with Crippen molar-refractivity contribution in [1.29, 1.82) is 0 Å². The summed E-state index contributed by atoms with van der Waals surface area (Å²) in [6.45, 7) is 0. The number of halogens is 2. The number of benzene rings is 2. The Labute approximate surface area is 150 Å². The van der Waals surface area contributed by atoms with E-state index in [1.54, 1.807) is 0 Å². The van der Waals surface area contributed by atoms with Gasteiger partial charge in [-0.15, -0.1) is 0 Å². The summed E-state index contributed by atoms with van der Waals surface area (Å²) in [5.74, 6) is -0.822. The SMILES string of the molecule is CN(C)S(=O)(=O)c1cc(NC(=O)/C=C/c2ccc(F)cc2)ccc1Cl. The molecule has 0 saturated carbocycles. The highest BCUT2D eigenvalue weighted by Gasteiger charge is 2.21. The molecule has 0 spiro atoms. The van der Waals surface area contributed by atoms with E-state index in [0.717, 1.165) is 4.31 Å². The number of rotatable bonds is 5. The third-order valence-electron chi connectivity index (χ3n) is 3.25. The molecule has 0 bridgehead atoms. The van der Waals surface area contributed by atoms with Crippen molar-refractivity contribution in [3.05, 3.63) is 64.9 Å². The predicted molar refractivity (Wildman–Crippen MR) is 96.4 cm³/mol. The maximum atomic E-state index is 12.8. The number of sulfonamides is 1. The second-order valence-electron chi connectivity index (χ2n) is 5.31. The Hall–Kier alpha value is -2.22. The van der Waals surface area contributed by atoms with E-state index in [9.17, 15) is 17.6 Å². The Kier molecular flexibility index (Phi) is 5.94. The van der Waals surface area contributed by atoms with Gasteiger partial charge in [-0.2, -0.15) is 0 Å². The molecule has 0 saturated heterocycles. The lowest BCUT2D eigenvalue weighted by atomic mass is 10.2. The third-order valence-corrected chi connectivity index (χ3v) is 5.55. The number of hydrogen-bond donors (Lipinski definition) is 1. The number of carbonyl (C=O) groups excluding carboxylic acids is 1. The van der Waals surface area contributed by atoms with Crippen LogP contribution in [0.5, 0.6) is 0 Å². The topological polar surface area (TPSA) is 66.5 Å². The van der Waals surface area contributed by atoms with Crippen molar-refractivity contribution in [3.8, 4) is 0 Å². The number of hydrogen-bond acceptors (Lipinski definition) is 3. The summed E-state index contributed by atoms with van der Waals surface area (Å²) in [7, 11) is -0.946. The molecule has 5 nitrogen and oxygen atoms in total. The lowest BCUT2D eigenvalue weighted by Gasteiger charge is -2.14. The maximum absolute atomic E-state index is 12.8. The van der Waals surface area contributed by atoms with Crippen LogP contribution in [0.2, 0.25) is 5.02 Å². The van der Waals surface area contributed by atoms with Crippen LogP contribution in [0, 0.1) is 5.82 Å². The van der Waals surface area contributed by atoms with E-state index in [4.69, 9.17) is 11.6 Å². The molecule has 2 aromatic carbocycles. The average Bonchev–Trinajstić information content (AvgIpc) is 2.56. The molecule has 0 fully saturated rings. The highest BCUT2D eigenvalue weighted by molar-refractivity contribution is 7.89. The van der Waals surface area contributed by atoms with Crippen LogP contribution < -0.4 is 5.32 Å². The second kappa shape index (κ2) is 7.77. The van der Waals surface area contributed by atoms with E-state index in [1.165, 1.54) is 68.7 Å². The van der Waals surface area contributed by atoms with Crippen LogP contribution in [-0.2, 0) is 14.8 Å². The molecule has 132 valence electrons. The molecule has 2 aromatic rings. The number of anilines is 1. The molecule has 0 aromatic heterocycles. The first-order chi connectivity index (χ1) is 11.7. The van der Waals surface area contributed by atoms with Crippen LogP contribution in [0.25, 0.3) is 6.08 Å². The van der Waals surface area contributed by atoms with Crippen molar-refractivity contribution >= 4 is 39.3 Å². The van der Waals surface area contributed by atoms with Crippen LogP contribution in [-0.4, -0.2) is 32.7 Å². The van der Waals surface area contributed by atoms with Crippen LogP contribution in [0.15, 0.2) is 53.4 Å². The van der Waals surface area contributed by atoms with E-state index >= 15 is 0 Å². The van der Waals surface area contributed by atoms with Crippen LogP contribution in [0.1, 0.15) is 5.56 Å². The van der Waals surface area contributed by atoms with Crippen molar-refractivity contribution in [2.45, 2.75) is 4.90 Å². The quantitative estimate of drug-likeness (QED) is 0.806. The number of nitrogens with one attached hydrogen (secondary N) is 1. The molecule has 2 rings (SSSR count). The molecule has 8 heteroatoms. The molecule has 1 N–H and O–H groups in total. The van der Waals surface area contributed by atoms with Crippen molar-refractivity contribution < 1.29 is 17.6 Å². The van der Waals surface area contributed by atoms with Crippen LogP contribution in [0.4, 0.5) is 10.1 Å². The van der Waals surface area contributed by atoms with E-state index in [1.807, 2.05) is 0 Å². The normalized spacial score (nSPS) is 11.9. The minimum Gasteiger partial charge on any atom is -0.322 e. The summed E-state index contributed by atoms with van der Waals surface area (Å²) in [4.78, 5) is 11.9. The van der Waals surface area contributed by atoms with Gasteiger partial charge in [-0.3, -0.25) is 4.79 Å². The average molecular weight is 383 g/mol. The fraction of sp³-hybridized carbons (Fsp3) is 0.118. The predicted octanol–water partition coefficient (Wildman–Crippen LogP) is 3.38. The summed E-state index contributed by atoms with van der Waals surface area (Å²) in [5.41, 5.74) is 0.946. The standard InChI is InChI=1S/C17H16ClFN2O3S/c1-21(2)25(23,24)16-11-14(8-9-15(16)18)20-17(22)10-5-12-3-6-13(19)7-4-12/h3-11H,1-2H3,(H,20,22)/b10-5+. The number of carbonyl (C=O) groups is 1. The Bertz CT molecular complexity index is 910. The summed E-state index contributed by atoms with van der Waals surface area (Å²) in [6.07, 6.45) is 2.78. The van der Waals surface area contributed by atoms with Crippen molar-refractivity contribution in [1.82, 2.24) is 4.31 Å². The van der Waals surface area contributed by atoms with Crippen LogP contribution >= 0.6 is 11.6 Å². The summed E-state index contributed by atoms with van der Waals surface area (Å²) >= 11 is 5.95. The lowest BCUT2D eigenvalue weighted by Crippen LogP contribution is -2.22. The molecule has 0 heterocycles. The third kappa shape index (κ3) is 4.88. The first kappa shape index (κ1) is 19.1. The highest BCUT2D eigenvalue weighted by Crippen LogP contribution is 2.26. The zero-order valence-electron chi connectivity index (χ0n) is 13.5. The molecule has 1 amide bonds. The van der Waals surface area contributed by atoms with Gasteiger partial charge in [0.25, 0.3) is 0 Å². The van der Waals surface area contributed by atoms with Gasteiger partial charge in [0.05, 0.1) is 5.02 Å². The summed E-state index contributed by atoms with van der Waals surface area (Å²) < 4.78 is 38.3. The van der Waals surface area contributed by atoms with Gasteiger partial charge >= 0.3 is 0 Å². The first-order valence-electron chi connectivity index (χ1n) is 7.17. The Morgan fingerprint density at radius 3 is 2.40 bits per heavy atom. The van der Waals surface area contributed by atoms with Gasteiger partial charge in [0.15, 0.2) is 0 Å². The molecular formula is C17H16ClFN2O3S. The molecule has 0 aliphatic carbocycles. The van der Waals surface area contributed by atoms with E-state index in [2.05, 4.69) is 5.32 Å². The smallest absolute Gasteiger partial charge is 0.248 e. The Morgan fingerprint density at radius 2 is 1.80 bits per heavy atom. The minimum atomic E-state index is -3.73. The molecule has 0 radical (unpaired) electrons. The Morgan fingerprint density at radius 1 is 1.16 bits per heavy atom. The zero-order chi connectivity index (χ0) is 18.6. The van der Waals surface area contributed by atoms with Crippen molar-refractivity contribution in [2.24, 2.45) is 0 Å². The van der Waals surface area contributed by atoms with Crippen molar-refractivity contribution in [2.75, 3.05) is 19.4 Å². The van der Waals surface area contributed by atoms with E-state index < -0.39 is 15.9 Å². The highest BCUT2D eigenvalue weighted by atomic mass is 35.5. The molecule has 0 aliphatic heterocycles. The lowest BCUT2D eigenvalue weighted by molar-refractivity contribution is -0.111. The summed E-state index contributed by atoms with van der Waals surface area (Å²) in [5, 5.41) is 2.62. The second-order valence-corrected chi connectivity index (χ2v) is 7.83.